The van der Waals surface area contributed by atoms with E-state index in [1.807, 2.05) is 32.2 Å². The van der Waals surface area contributed by atoms with Gasteiger partial charge in [0.15, 0.2) is 0 Å². The molecule has 0 unspecified atom stereocenters. The first-order chi connectivity index (χ1) is 6.22. The number of aliphatic hydroxyl groups is 1. The molecule has 3 nitrogen and oxygen atoms in total. The molecule has 1 heterocycles. The Labute approximate surface area is 76.6 Å². The predicted octanol–water partition coefficient (Wildman–Crippen LogP) is 1.37. The maximum Gasteiger partial charge on any atom is 0.0929 e. The van der Waals surface area contributed by atoms with Gasteiger partial charge in [-0.2, -0.15) is 5.10 Å². The molecule has 2 rings (SSSR count). The molecule has 0 radical (unpaired) electrons. The molecule has 68 valence electrons. The summed E-state index contributed by atoms with van der Waals surface area (Å²) in [5, 5.41) is 14.5. The van der Waals surface area contributed by atoms with Crippen molar-refractivity contribution in [3.8, 4) is 0 Å². The van der Waals surface area contributed by atoms with Crippen molar-refractivity contribution in [2.24, 2.45) is 7.05 Å². The van der Waals surface area contributed by atoms with E-state index in [1.165, 1.54) is 5.56 Å². The zero-order valence-electron chi connectivity index (χ0n) is 7.78. The fourth-order valence-electron chi connectivity index (χ4n) is 1.55. The van der Waals surface area contributed by atoms with E-state index in [0.29, 0.717) is 0 Å². The summed E-state index contributed by atoms with van der Waals surface area (Å²) in [5.41, 5.74) is 3.01. The van der Waals surface area contributed by atoms with Crippen molar-refractivity contribution in [1.82, 2.24) is 9.78 Å². The van der Waals surface area contributed by atoms with E-state index in [-0.39, 0.29) is 6.61 Å². The first kappa shape index (κ1) is 8.26. The van der Waals surface area contributed by atoms with Crippen LogP contribution in [0.25, 0.3) is 10.9 Å². The van der Waals surface area contributed by atoms with E-state index in [4.69, 9.17) is 5.11 Å². The smallest absolute Gasteiger partial charge is 0.0929 e. The molecular weight excluding hydrogens is 164 g/mol. The van der Waals surface area contributed by atoms with Gasteiger partial charge in [0.05, 0.1) is 17.8 Å². The molecule has 1 N–H and O–H groups in total. The summed E-state index contributed by atoms with van der Waals surface area (Å²) in [6.07, 6.45) is 0. The van der Waals surface area contributed by atoms with Crippen molar-refractivity contribution in [2.75, 3.05) is 0 Å². The van der Waals surface area contributed by atoms with E-state index >= 15 is 0 Å². The van der Waals surface area contributed by atoms with Gasteiger partial charge in [-0.05, 0) is 18.6 Å². The minimum Gasteiger partial charge on any atom is -0.390 e. The van der Waals surface area contributed by atoms with E-state index in [0.717, 1.165) is 16.6 Å². The lowest BCUT2D eigenvalue weighted by atomic mass is 10.1. The molecule has 2 aromatic rings. The standard InChI is InChI=1S/C10H12N2O/c1-7-3-4-8-9(5-7)11-12(2)10(8)6-13/h3-5,13H,6H2,1-2H3. The maximum absolute atomic E-state index is 9.11. The summed E-state index contributed by atoms with van der Waals surface area (Å²) in [6, 6.07) is 6.06. The van der Waals surface area contributed by atoms with E-state index in [1.54, 1.807) is 4.68 Å². The molecule has 3 heteroatoms. The molecule has 0 aliphatic heterocycles. The number of fused-ring (bicyclic) bond motifs is 1. The summed E-state index contributed by atoms with van der Waals surface area (Å²) in [4.78, 5) is 0. The fraction of sp³-hybridized carbons (Fsp3) is 0.300. The van der Waals surface area contributed by atoms with Crippen molar-refractivity contribution in [3.05, 3.63) is 29.5 Å². The van der Waals surface area contributed by atoms with Crippen molar-refractivity contribution in [1.29, 1.82) is 0 Å². The normalized spacial score (nSPS) is 11.0. The number of aromatic nitrogens is 2. The fourth-order valence-corrected chi connectivity index (χ4v) is 1.55. The van der Waals surface area contributed by atoms with Gasteiger partial charge in [-0.3, -0.25) is 4.68 Å². The zero-order valence-corrected chi connectivity index (χ0v) is 7.78. The highest BCUT2D eigenvalue weighted by Gasteiger charge is 2.06. The minimum atomic E-state index is 0.0378. The Kier molecular flexibility index (Phi) is 1.81. The zero-order chi connectivity index (χ0) is 9.42. The molecule has 13 heavy (non-hydrogen) atoms. The summed E-state index contributed by atoms with van der Waals surface area (Å²) in [6.45, 7) is 2.07. The Morgan fingerprint density at radius 3 is 2.92 bits per heavy atom. The van der Waals surface area contributed by atoms with Crippen LogP contribution in [-0.2, 0) is 13.7 Å². The number of nitrogens with zero attached hydrogens (tertiary/aromatic N) is 2. The van der Waals surface area contributed by atoms with E-state index in [2.05, 4.69) is 5.10 Å². The van der Waals surface area contributed by atoms with Crippen LogP contribution in [-0.4, -0.2) is 14.9 Å². The van der Waals surface area contributed by atoms with Gasteiger partial charge in [-0.1, -0.05) is 12.1 Å². The van der Waals surface area contributed by atoms with Crippen LogP contribution in [0.5, 0.6) is 0 Å². The summed E-state index contributed by atoms with van der Waals surface area (Å²) >= 11 is 0. The number of aliphatic hydroxyl groups excluding tert-OH is 1. The second-order valence-corrected chi connectivity index (χ2v) is 3.25. The Hall–Kier alpha value is -1.35. The van der Waals surface area contributed by atoms with Crippen LogP contribution >= 0.6 is 0 Å². The number of hydrogen-bond donors (Lipinski definition) is 1. The second-order valence-electron chi connectivity index (χ2n) is 3.25. The lowest BCUT2D eigenvalue weighted by Crippen LogP contribution is -1.96. The minimum absolute atomic E-state index is 0.0378. The summed E-state index contributed by atoms with van der Waals surface area (Å²) in [5.74, 6) is 0. The van der Waals surface area contributed by atoms with Crippen LogP contribution < -0.4 is 0 Å². The van der Waals surface area contributed by atoms with Gasteiger partial charge in [0.1, 0.15) is 0 Å². The Morgan fingerprint density at radius 1 is 1.46 bits per heavy atom. The second kappa shape index (κ2) is 2.85. The predicted molar refractivity (Wildman–Crippen MR) is 51.4 cm³/mol. The number of benzene rings is 1. The SMILES string of the molecule is Cc1ccc2c(CO)n(C)nc2c1. The molecule has 0 aliphatic carbocycles. The topological polar surface area (TPSA) is 38.0 Å². The molecule has 0 aliphatic rings. The number of rotatable bonds is 1. The average molecular weight is 176 g/mol. The van der Waals surface area contributed by atoms with E-state index < -0.39 is 0 Å². The lowest BCUT2D eigenvalue weighted by Gasteiger charge is -1.95. The molecule has 1 aromatic carbocycles. The molecule has 0 amide bonds. The average Bonchev–Trinajstić information content (AvgIpc) is 2.39. The van der Waals surface area contributed by atoms with Crippen molar-refractivity contribution >= 4 is 10.9 Å². The highest BCUT2D eigenvalue weighted by Crippen LogP contribution is 2.18. The van der Waals surface area contributed by atoms with Crippen LogP contribution in [0.3, 0.4) is 0 Å². The molecule has 0 saturated heterocycles. The monoisotopic (exact) mass is 176 g/mol. The van der Waals surface area contributed by atoms with Gasteiger partial charge in [-0.15, -0.1) is 0 Å². The van der Waals surface area contributed by atoms with Crippen molar-refractivity contribution in [3.63, 3.8) is 0 Å². The summed E-state index contributed by atoms with van der Waals surface area (Å²) < 4.78 is 1.73. The van der Waals surface area contributed by atoms with Crippen LogP contribution in [0.2, 0.25) is 0 Å². The third-order valence-corrected chi connectivity index (χ3v) is 2.26. The molecule has 0 atom stereocenters. The van der Waals surface area contributed by atoms with Gasteiger partial charge in [0.25, 0.3) is 0 Å². The van der Waals surface area contributed by atoms with Crippen molar-refractivity contribution < 1.29 is 5.11 Å². The Morgan fingerprint density at radius 2 is 2.23 bits per heavy atom. The molecule has 1 aromatic heterocycles. The lowest BCUT2D eigenvalue weighted by molar-refractivity contribution is 0.272. The number of hydrogen-bond acceptors (Lipinski definition) is 2. The van der Waals surface area contributed by atoms with Gasteiger partial charge >= 0.3 is 0 Å². The molecule has 0 bridgehead atoms. The highest BCUT2D eigenvalue weighted by molar-refractivity contribution is 5.82. The first-order valence-electron chi connectivity index (χ1n) is 4.25. The molecule has 0 fully saturated rings. The molecular formula is C10H12N2O. The van der Waals surface area contributed by atoms with Crippen LogP contribution in [0.1, 0.15) is 11.3 Å². The number of aryl methyl sites for hydroxylation is 2. The quantitative estimate of drug-likeness (QED) is 0.712. The summed E-state index contributed by atoms with van der Waals surface area (Å²) in [7, 11) is 1.85. The molecule has 0 spiro atoms. The van der Waals surface area contributed by atoms with Crippen LogP contribution in [0.4, 0.5) is 0 Å². The van der Waals surface area contributed by atoms with Gasteiger partial charge in [0.2, 0.25) is 0 Å². The van der Waals surface area contributed by atoms with E-state index in [9.17, 15) is 0 Å². The van der Waals surface area contributed by atoms with Gasteiger partial charge in [-0.25, -0.2) is 0 Å². The van der Waals surface area contributed by atoms with Gasteiger partial charge < -0.3 is 5.11 Å². The third kappa shape index (κ3) is 1.21. The van der Waals surface area contributed by atoms with Crippen LogP contribution in [0, 0.1) is 6.92 Å². The Bertz CT molecular complexity index is 445. The maximum atomic E-state index is 9.11. The highest BCUT2D eigenvalue weighted by atomic mass is 16.3. The first-order valence-corrected chi connectivity index (χ1v) is 4.25. The Balaban J connectivity index is 2.79. The van der Waals surface area contributed by atoms with Crippen molar-refractivity contribution in [2.45, 2.75) is 13.5 Å². The largest absolute Gasteiger partial charge is 0.390 e. The van der Waals surface area contributed by atoms with Crippen LogP contribution in [0.15, 0.2) is 18.2 Å². The molecule has 0 saturated carbocycles. The third-order valence-electron chi connectivity index (χ3n) is 2.26. The van der Waals surface area contributed by atoms with Gasteiger partial charge in [0, 0.05) is 12.4 Å².